The summed E-state index contributed by atoms with van der Waals surface area (Å²) in [5.74, 6) is -2.77. The molecule has 4 rings (SSSR count). The van der Waals surface area contributed by atoms with Crippen LogP contribution in [-0.4, -0.2) is 45.0 Å². The number of aliphatic hydroxyl groups is 1. The zero-order chi connectivity index (χ0) is 24.5. The van der Waals surface area contributed by atoms with Crippen LogP contribution in [0.1, 0.15) is 33.0 Å². The van der Waals surface area contributed by atoms with Crippen LogP contribution in [0.15, 0.2) is 30.7 Å². The predicted molar refractivity (Wildman–Crippen MR) is 111 cm³/mol. The molecule has 3 heterocycles. The highest BCUT2D eigenvalue weighted by molar-refractivity contribution is 7.14. The molecule has 8 nitrogen and oxygen atoms in total. The minimum absolute atomic E-state index is 0.0538. The fraction of sp³-hybridized carbons (Fsp3) is 0.333. The number of carbonyl (C=O) groups excluding carboxylic acids is 1. The summed E-state index contributed by atoms with van der Waals surface area (Å²) in [5.41, 5.74) is -0.0900. The molecule has 2 N–H and O–H groups in total. The van der Waals surface area contributed by atoms with Gasteiger partial charge in [-0.25, -0.2) is 19.3 Å². The maximum absolute atomic E-state index is 15.3. The van der Waals surface area contributed by atoms with Crippen molar-refractivity contribution in [1.82, 2.24) is 20.3 Å². The van der Waals surface area contributed by atoms with E-state index in [-0.39, 0.29) is 42.0 Å². The lowest BCUT2D eigenvalue weighted by atomic mass is 10.1. The van der Waals surface area contributed by atoms with E-state index in [1.165, 1.54) is 23.5 Å². The number of amides is 1. The molecule has 1 saturated heterocycles. The minimum Gasteiger partial charge on any atom is -0.488 e. The van der Waals surface area contributed by atoms with E-state index in [1.54, 1.807) is 13.1 Å². The van der Waals surface area contributed by atoms with E-state index in [1.807, 2.05) is 0 Å². The molecular formula is C21H18F4N4O4S. The third-order valence-electron chi connectivity index (χ3n) is 4.80. The fourth-order valence-corrected chi connectivity index (χ4v) is 3.96. The fourth-order valence-electron chi connectivity index (χ4n) is 3.19. The molecule has 0 aliphatic carbocycles. The van der Waals surface area contributed by atoms with E-state index >= 15 is 4.39 Å². The second-order valence-corrected chi connectivity index (χ2v) is 8.70. The summed E-state index contributed by atoms with van der Waals surface area (Å²) >= 11 is 1.23. The second-order valence-electron chi connectivity index (χ2n) is 7.47. The molecule has 0 saturated carbocycles. The number of aryl methyl sites for hydroxylation is 1. The predicted octanol–water partition coefficient (Wildman–Crippen LogP) is 3.48. The standard InChI is InChI=1S/C21H18F4N4O4S/c1-10-5-27-19(34-10)15-3-12(33-13-4-16(30)32-9-13)2-14(17(15)22)18(31)26-6-11-7-28-20(29-8-11)21(23,24)25/h2-3,5,7-8,13,16,30H,4,6,9H2,1H3,(H,26,31). The Hall–Kier alpha value is -3.16. The summed E-state index contributed by atoms with van der Waals surface area (Å²) in [6.07, 6.45) is -2.51. The number of aliphatic hydroxyl groups excluding tert-OH is 1. The third-order valence-corrected chi connectivity index (χ3v) is 5.74. The Bertz CT molecular complexity index is 1190. The monoisotopic (exact) mass is 498 g/mol. The van der Waals surface area contributed by atoms with Gasteiger partial charge < -0.3 is 19.9 Å². The SMILES string of the molecule is Cc1cnc(-c2cc(OC3COC(O)C3)cc(C(=O)NCc3cnc(C(F)(F)F)nc3)c2F)s1. The van der Waals surface area contributed by atoms with Gasteiger partial charge in [-0.2, -0.15) is 13.2 Å². The van der Waals surface area contributed by atoms with Gasteiger partial charge in [0.2, 0.25) is 5.82 Å². The normalized spacial score (nSPS) is 18.2. The number of nitrogens with zero attached hydrogens (tertiary/aromatic N) is 3. The zero-order valence-corrected chi connectivity index (χ0v) is 18.4. The van der Waals surface area contributed by atoms with Crippen LogP contribution in [0.5, 0.6) is 5.75 Å². The molecule has 1 amide bonds. The molecule has 2 atom stereocenters. The molecule has 0 spiro atoms. The van der Waals surface area contributed by atoms with Crippen molar-refractivity contribution in [3.63, 3.8) is 0 Å². The van der Waals surface area contributed by atoms with Gasteiger partial charge in [0.05, 0.1) is 17.7 Å². The molecule has 1 aliphatic heterocycles. The van der Waals surface area contributed by atoms with Crippen molar-refractivity contribution >= 4 is 17.2 Å². The number of hydrogen-bond acceptors (Lipinski definition) is 8. The van der Waals surface area contributed by atoms with Crippen molar-refractivity contribution < 1.29 is 36.9 Å². The molecule has 1 fully saturated rings. The molecule has 1 aromatic carbocycles. The average molecular weight is 498 g/mol. The Kier molecular flexibility index (Phi) is 6.77. The number of rotatable bonds is 6. The number of nitrogens with one attached hydrogen (secondary N) is 1. The molecule has 13 heteroatoms. The number of halogens is 4. The van der Waals surface area contributed by atoms with Crippen LogP contribution in [0.3, 0.4) is 0 Å². The smallest absolute Gasteiger partial charge is 0.451 e. The van der Waals surface area contributed by atoms with Gasteiger partial charge in [-0.05, 0) is 19.1 Å². The van der Waals surface area contributed by atoms with Gasteiger partial charge >= 0.3 is 6.18 Å². The van der Waals surface area contributed by atoms with Crippen LogP contribution in [0, 0.1) is 12.7 Å². The van der Waals surface area contributed by atoms with E-state index in [0.29, 0.717) is 5.01 Å². The second kappa shape index (κ2) is 9.60. The van der Waals surface area contributed by atoms with E-state index in [4.69, 9.17) is 9.47 Å². The first-order chi connectivity index (χ1) is 16.1. The van der Waals surface area contributed by atoms with E-state index in [2.05, 4.69) is 20.3 Å². The van der Waals surface area contributed by atoms with Crippen molar-refractivity contribution in [3.8, 4) is 16.3 Å². The first-order valence-corrected chi connectivity index (χ1v) is 10.8. The Morgan fingerprint density at radius 2 is 2.00 bits per heavy atom. The number of thiazole rings is 1. The van der Waals surface area contributed by atoms with Gasteiger partial charge in [0.1, 0.15) is 22.7 Å². The van der Waals surface area contributed by atoms with Gasteiger partial charge in [-0.3, -0.25) is 4.79 Å². The van der Waals surface area contributed by atoms with Crippen molar-refractivity contribution in [3.05, 3.63) is 58.4 Å². The van der Waals surface area contributed by atoms with Crippen LogP contribution in [0.4, 0.5) is 17.6 Å². The van der Waals surface area contributed by atoms with Gasteiger partial charge in [-0.1, -0.05) is 0 Å². The van der Waals surface area contributed by atoms with Crippen LogP contribution in [-0.2, 0) is 17.5 Å². The van der Waals surface area contributed by atoms with Crippen molar-refractivity contribution in [2.24, 2.45) is 0 Å². The summed E-state index contributed by atoms with van der Waals surface area (Å²) < 4.78 is 64.0. The Morgan fingerprint density at radius 3 is 2.59 bits per heavy atom. The van der Waals surface area contributed by atoms with Gasteiger partial charge in [-0.15, -0.1) is 11.3 Å². The third kappa shape index (κ3) is 5.48. The lowest BCUT2D eigenvalue weighted by Crippen LogP contribution is -2.25. The highest BCUT2D eigenvalue weighted by atomic mass is 32.1. The van der Waals surface area contributed by atoms with Crippen LogP contribution >= 0.6 is 11.3 Å². The molecule has 3 aromatic rings. The maximum Gasteiger partial charge on any atom is 0.451 e. The molecule has 2 unspecified atom stereocenters. The summed E-state index contributed by atoms with van der Waals surface area (Å²) in [6.45, 7) is 1.70. The maximum atomic E-state index is 15.3. The number of alkyl halides is 3. The quantitative estimate of drug-likeness (QED) is 0.501. The Morgan fingerprint density at radius 1 is 1.26 bits per heavy atom. The lowest BCUT2D eigenvalue weighted by Gasteiger charge is -2.15. The minimum atomic E-state index is -4.68. The number of carbonyl (C=O) groups is 1. The van der Waals surface area contributed by atoms with E-state index in [0.717, 1.165) is 17.3 Å². The molecule has 0 bridgehead atoms. The van der Waals surface area contributed by atoms with Crippen LogP contribution < -0.4 is 10.1 Å². The molecule has 0 radical (unpaired) electrons. The Balaban J connectivity index is 1.57. The zero-order valence-electron chi connectivity index (χ0n) is 17.6. The highest BCUT2D eigenvalue weighted by Gasteiger charge is 2.34. The first-order valence-electron chi connectivity index (χ1n) is 9.99. The summed E-state index contributed by atoms with van der Waals surface area (Å²) in [6, 6.07) is 2.63. The summed E-state index contributed by atoms with van der Waals surface area (Å²) in [4.78, 5) is 24.3. The summed E-state index contributed by atoms with van der Waals surface area (Å²) in [5, 5.41) is 12.3. The topological polar surface area (TPSA) is 106 Å². The molecular weight excluding hydrogens is 480 g/mol. The van der Waals surface area contributed by atoms with E-state index in [9.17, 15) is 23.1 Å². The number of aromatic nitrogens is 3. The van der Waals surface area contributed by atoms with Gasteiger partial charge in [0, 0.05) is 42.0 Å². The van der Waals surface area contributed by atoms with Gasteiger partial charge in [0.15, 0.2) is 6.29 Å². The van der Waals surface area contributed by atoms with Crippen LogP contribution in [0.2, 0.25) is 0 Å². The molecule has 1 aliphatic rings. The first kappa shape index (κ1) is 24.0. The molecule has 2 aromatic heterocycles. The van der Waals surface area contributed by atoms with Crippen LogP contribution in [0.25, 0.3) is 10.6 Å². The van der Waals surface area contributed by atoms with Crippen molar-refractivity contribution in [2.75, 3.05) is 6.61 Å². The average Bonchev–Trinajstić information content (AvgIpc) is 3.40. The number of ether oxygens (including phenoxy) is 2. The molecule has 34 heavy (non-hydrogen) atoms. The number of hydrogen-bond donors (Lipinski definition) is 2. The van der Waals surface area contributed by atoms with Crippen molar-refractivity contribution in [1.29, 1.82) is 0 Å². The Labute approximate surface area is 194 Å². The number of benzene rings is 1. The lowest BCUT2D eigenvalue weighted by molar-refractivity contribution is -0.145. The largest absolute Gasteiger partial charge is 0.488 e. The van der Waals surface area contributed by atoms with E-state index < -0.39 is 36.1 Å². The summed E-state index contributed by atoms with van der Waals surface area (Å²) in [7, 11) is 0. The highest BCUT2D eigenvalue weighted by Crippen LogP contribution is 2.34. The van der Waals surface area contributed by atoms with Crippen molar-refractivity contribution in [2.45, 2.75) is 38.5 Å². The van der Waals surface area contributed by atoms with Gasteiger partial charge in [0.25, 0.3) is 5.91 Å². The molecule has 180 valence electrons.